The molecule has 0 saturated carbocycles. The van der Waals surface area contributed by atoms with E-state index in [1.807, 2.05) is 6.07 Å². The summed E-state index contributed by atoms with van der Waals surface area (Å²) >= 11 is 5.55. The molecule has 0 amide bonds. The van der Waals surface area contributed by atoms with Gasteiger partial charge in [0.25, 0.3) is 0 Å². The molecule has 174 valence electrons. The van der Waals surface area contributed by atoms with Crippen LogP contribution >= 0.6 is 32.6 Å². The van der Waals surface area contributed by atoms with Crippen LogP contribution in [-0.2, 0) is 12.8 Å². The molecular formula is C21H28ClIN7O2-. The molecule has 1 aliphatic heterocycles. The van der Waals surface area contributed by atoms with Gasteiger partial charge in [0.15, 0.2) is 5.75 Å². The quantitative estimate of drug-likeness (QED) is 0.178. The minimum Gasteiger partial charge on any atom is -0.686 e. The maximum absolute atomic E-state index is 7.84. The van der Waals surface area contributed by atoms with Gasteiger partial charge in [0, 0.05) is 46.5 Å². The van der Waals surface area contributed by atoms with E-state index in [4.69, 9.17) is 24.7 Å². The number of hydroxylamine groups is 1. The van der Waals surface area contributed by atoms with E-state index in [0.717, 1.165) is 40.8 Å². The Morgan fingerprint density at radius 1 is 1.31 bits per heavy atom. The number of hydrogen-bond acceptors (Lipinski definition) is 8. The second kappa shape index (κ2) is 12.9. The molecule has 2 aromatic rings. The number of aromatic nitrogens is 2. The van der Waals surface area contributed by atoms with Gasteiger partial charge < -0.3 is 25.5 Å². The van der Waals surface area contributed by atoms with Crippen LogP contribution in [0.4, 0.5) is 5.95 Å². The predicted octanol–water partition coefficient (Wildman–Crippen LogP) is 4.51. The molecule has 0 unspecified atom stereocenters. The third-order valence-corrected chi connectivity index (χ3v) is 6.51. The second-order valence-electron chi connectivity index (χ2n) is 7.15. The first-order valence-corrected chi connectivity index (χ1v) is 12.9. The molecule has 1 aliphatic rings. The number of halogens is 2. The molecule has 4 N–H and O–H groups in total. The summed E-state index contributed by atoms with van der Waals surface area (Å²) in [5, 5.41) is 11.7. The Morgan fingerprint density at radius 3 is 2.72 bits per heavy atom. The number of benzene rings is 1. The minimum absolute atomic E-state index is 0.328. The second-order valence-corrected chi connectivity index (χ2v) is 9.23. The van der Waals surface area contributed by atoms with Crippen LogP contribution in [0, 0.1) is 3.56 Å². The van der Waals surface area contributed by atoms with Crippen molar-refractivity contribution in [1.29, 1.82) is 3.56 Å². The Balaban J connectivity index is 1.58. The average molecular weight is 573 g/mol. The Kier molecular flexibility index (Phi) is 9.90. The van der Waals surface area contributed by atoms with Crippen LogP contribution in [0.2, 0.25) is 5.02 Å². The molecule has 0 atom stereocenters. The molecule has 0 aliphatic carbocycles. The molecule has 11 heteroatoms. The lowest BCUT2D eigenvalue weighted by atomic mass is 10.1. The van der Waals surface area contributed by atoms with E-state index < -0.39 is 21.0 Å². The molecule has 1 aromatic carbocycles. The predicted molar refractivity (Wildman–Crippen MR) is 135 cm³/mol. The van der Waals surface area contributed by atoms with Gasteiger partial charge in [-0.05, 0) is 43.1 Å². The monoisotopic (exact) mass is 572 g/mol. The van der Waals surface area contributed by atoms with E-state index in [1.165, 1.54) is 0 Å². The first-order valence-electron chi connectivity index (χ1n) is 10.3. The molecule has 1 saturated heterocycles. The van der Waals surface area contributed by atoms with Gasteiger partial charge >= 0.3 is 0 Å². The Bertz CT molecular complexity index is 921. The lowest BCUT2D eigenvalue weighted by molar-refractivity contribution is 0.222. The number of nitrogens with one attached hydrogen (secondary N) is 4. The largest absolute Gasteiger partial charge is 0.686 e. The summed E-state index contributed by atoms with van der Waals surface area (Å²) in [4.78, 5) is 14.2. The molecule has 9 nitrogen and oxygen atoms in total. The average Bonchev–Trinajstić information content (AvgIpc) is 2.83. The number of rotatable bonds is 11. The van der Waals surface area contributed by atoms with Gasteiger partial charge in [0.1, 0.15) is 5.75 Å². The van der Waals surface area contributed by atoms with E-state index in [0.29, 0.717) is 41.4 Å². The van der Waals surface area contributed by atoms with E-state index in [-0.39, 0.29) is 0 Å². The van der Waals surface area contributed by atoms with Gasteiger partial charge in [-0.1, -0.05) is 24.4 Å². The number of anilines is 1. The standard InChI is InChI=1S/C21H28ClIN7O2/c1-25-32-17-9-15(20(22)18(10-17)31-2)4-3-14-11-28-21(29-12-14)30-19(23-24)13-27-16-5-7-26-8-6-16/h9-13,16,24-26H,3-8H2,1-2H3,(H,28,29,30)/q-1/b19-13+. The lowest BCUT2D eigenvalue weighted by Crippen LogP contribution is -2.30. The van der Waals surface area contributed by atoms with E-state index in [2.05, 4.69) is 31.4 Å². The summed E-state index contributed by atoms with van der Waals surface area (Å²) in [6.07, 6.45) is 8.84. The molecule has 3 rings (SSSR count). The van der Waals surface area contributed by atoms with Crippen molar-refractivity contribution in [2.24, 2.45) is 0 Å². The zero-order valence-corrected chi connectivity index (χ0v) is 21.0. The highest BCUT2D eigenvalue weighted by atomic mass is 127. The fourth-order valence-electron chi connectivity index (χ4n) is 3.28. The van der Waals surface area contributed by atoms with Crippen LogP contribution in [0.3, 0.4) is 0 Å². The number of methoxy groups -OCH3 is 1. The third kappa shape index (κ3) is 7.26. The molecule has 0 radical (unpaired) electrons. The summed E-state index contributed by atoms with van der Waals surface area (Å²) in [5.74, 6) is 1.68. The maximum atomic E-state index is 7.84. The summed E-state index contributed by atoms with van der Waals surface area (Å²) in [6.45, 7) is 1.99. The van der Waals surface area contributed by atoms with E-state index >= 15 is 0 Å². The van der Waals surface area contributed by atoms with Crippen molar-refractivity contribution in [1.82, 2.24) is 20.8 Å². The van der Waals surface area contributed by atoms with Gasteiger partial charge in [0.2, 0.25) is 5.95 Å². The van der Waals surface area contributed by atoms with Crippen molar-refractivity contribution >= 4 is 38.6 Å². The first-order chi connectivity index (χ1) is 15.6. The number of piperidine rings is 1. The molecule has 0 spiro atoms. The Labute approximate surface area is 203 Å². The highest BCUT2D eigenvalue weighted by Crippen LogP contribution is 2.33. The van der Waals surface area contributed by atoms with Gasteiger partial charge in [-0.2, -0.15) is 5.48 Å². The topological polar surface area (TPSA) is 118 Å². The molecule has 32 heavy (non-hydrogen) atoms. The van der Waals surface area contributed by atoms with Gasteiger partial charge in [0.05, 0.1) is 15.8 Å². The van der Waals surface area contributed by atoms with Crippen molar-refractivity contribution < 1.29 is 9.57 Å². The lowest BCUT2D eigenvalue weighted by Gasteiger charge is -2.33. The van der Waals surface area contributed by atoms with E-state index in [9.17, 15) is 0 Å². The van der Waals surface area contributed by atoms with Crippen molar-refractivity contribution in [3.63, 3.8) is 0 Å². The highest BCUT2D eigenvalue weighted by Gasteiger charge is 2.11. The number of ether oxygens (including phenoxy) is 1. The van der Waals surface area contributed by atoms with Crippen LogP contribution in [0.5, 0.6) is 11.5 Å². The van der Waals surface area contributed by atoms with Crippen LogP contribution < -0.4 is 25.7 Å². The van der Waals surface area contributed by atoms with Crippen molar-refractivity contribution in [3.8, 4) is 11.5 Å². The summed E-state index contributed by atoms with van der Waals surface area (Å²) in [6, 6.07) is 3.96. The minimum atomic E-state index is -0.907. The van der Waals surface area contributed by atoms with Crippen LogP contribution in [0.25, 0.3) is 5.32 Å². The van der Waals surface area contributed by atoms with Crippen molar-refractivity contribution in [3.05, 3.63) is 55.9 Å². The SMILES string of the molecule is CNOc1cc(CCc2cnc(N/C(=C/[N-]C3CCNCC3)I=N)nc2)c(Cl)c(OC)c1. The van der Waals surface area contributed by atoms with E-state index in [1.54, 1.807) is 38.8 Å². The number of aryl methyl sites for hydroxylation is 2. The highest BCUT2D eigenvalue weighted by molar-refractivity contribution is 14.2. The van der Waals surface area contributed by atoms with Crippen molar-refractivity contribution in [2.75, 3.05) is 32.6 Å². The zero-order valence-electron chi connectivity index (χ0n) is 18.1. The zero-order chi connectivity index (χ0) is 22.8. The molecular weight excluding hydrogens is 545 g/mol. The first kappa shape index (κ1) is 24.6. The third-order valence-electron chi connectivity index (χ3n) is 4.96. The number of nitrogens with zero attached hydrogens (tertiary/aromatic N) is 3. The van der Waals surface area contributed by atoms with Crippen LogP contribution in [-0.4, -0.2) is 43.3 Å². The Hall–Kier alpha value is -2.02. The van der Waals surface area contributed by atoms with Gasteiger partial charge in [-0.3, -0.25) is 3.56 Å². The number of hydrogen-bond donors (Lipinski definition) is 4. The molecule has 0 bridgehead atoms. The maximum Gasteiger partial charge on any atom is 0.227 e. The molecule has 1 aromatic heterocycles. The van der Waals surface area contributed by atoms with Crippen molar-refractivity contribution in [2.45, 2.75) is 31.7 Å². The fourth-order valence-corrected chi connectivity index (χ4v) is 4.23. The smallest absolute Gasteiger partial charge is 0.227 e. The Morgan fingerprint density at radius 2 is 2.06 bits per heavy atom. The summed E-state index contributed by atoms with van der Waals surface area (Å²) in [7, 11) is 3.27. The van der Waals surface area contributed by atoms with Gasteiger partial charge in [-0.25, -0.2) is 9.97 Å². The summed E-state index contributed by atoms with van der Waals surface area (Å²) < 4.78 is 14.0. The van der Waals surface area contributed by atoms with Gasteiger partial charge in [-0.15, -0.1) is 12.2 Å². The normalized spacial score (nSPS) is 14.8. The van der Waals surface area contributed by atoms with Crippen LogP contribution in [0.15, 0.2) is 34.4 Å². The molecule has 2 heterocycles. The van der Waals surface area contributed by atoms with Crippen LogP contribution in [0.1, 0.15) is 24.0 Å². The summed E-state index contributed by atoms with van der Waals surface area (Å²) in [5.41, 5.74) is 4.56. The fraction of sp³-hybridized carbons (Fsp3) is 0.429. The molecule has 1 fully saturated rings.